The van der Waals surface area contributed by atoms with Gasteiger partial charge in [-0.25, -0.2) is 4.98 Å². The molecule has 1 heterocycles. The summed E-state index contributed by atoms with van der Waals surface area (Å²) in [4.78, 5) is 18.7. The predicted molar refractivity (Wildman–Crippen MR) is 77.4 cm³/mol. The van der Waals surface area contributed by atoms with E-state index < -0.39 is 0 Å². The van der Waals surface area contributed by atoms with Gasteiger partial charge in [0.25, 0.3) is 5.91 Å². The van der Waals surface area contributed by atoms with E-state index in [9.17, 15) is 4.79 Å². The molecule has 1 aromatic heterocycles. The van der Waals surface area contributed by atoms with Crippen molar-refractivity contribution in [3.8, 4) is 0 Å². The van der Waals surface area contributed by atoms with Gasteiger partial charge in [0.2, 0.25) is 0 Å². The second kappa shape index (κ2) is 4.47. The molecule has 4 nitrogen and oxygen atoms in total. The fourth-order valence-corrected chi connectivity index (χ4v) is 3.07. The highest BCUT2D eigenvalue weighted by molar-refractivity contribution is 5.92. The van der Waals surface area contributed by atoms with Gasteiger partial charge in [-0.05, 0) is 17.4 Å². The highest BCUT2D eigenvalue weighted by Gasteiger charge is 2.61. The molecule has 1 fully saturated rings. The van der Waals surface area contributed by atoms with E-state index in [-0.39, 0.29) is 16.7 Å². The molecule has 0 aliphatic heterocycles. The number of aromatic amines is 1. The van der Waals surface area contributed by atoms with E-state index in [1.165, 1.54) is 11.9 Å². The van der Waals surface area contributed by atoms with Crippen molar-refractivity contribution >= 4 is 5.91 Å². The van der Waals surface area contributed by atoms with Gasteiger partial charge in [-0.15, -0.1) is 0 Å². The van der Waals surface area contributed by atoms with Crippen LogP contribution in [0.5, 0.6) is 0 Å². The Bertz CT molecular complexity index is 604. The van der Waals surface area contributed by atoms with Crippen molar-refractivity contribution in [3.05, 3.63) is 54.1 Å². The third kappa shape index (κ3) is 2.01. The molecule has 0 bridgehead atoms. The number of amides is 1. The van der Waals surface area contributed by atoms with Gasteiger partial charge in [-0.3, -0.25) is 4.79 Å². The number of hydrogen-bond donors (Lipinski definition) is 2. The number of benzene rings is 1. The van der Waals surface area contributed by atoms with Gasteiger partial charge in [0.15, 0.2) is 0 Å². The van der Waals surface area contributed by atoms with Gasteiger partial charge in [0.1, 0.15) is 5.69 Å². The van der Waals surface area contributed by atoms with Crippen LogP contribution in [-0.4, -0.2) is 22.4 Å². The Balaban J connectivity index is 1.76. The Hall–Kier alpha value is -2.10. The number of nitrogens with one attached hydrogen (secondary N) is 2. The van der Waals surface area contributed by atoms with Crippen LogP contribution in [-0.2, 0) is 5.41 Å². The first-order chi connectivity index (χ1) is 9.55. The number of H-pyrrole nitrogens is 1. The van der Waals surface area contributed by atoms with E-state index in [1.54, 1.807) is 6.20 Å². The number of rotatable bonds is 4. The lowest BCUT2D eigenvalue weighted by Crippen LogP contribution is -2.34. The van der Waals surface area contributed by atoms with Crippen molar-refractivity contribution in [1.82, 2.24) is 15.3 Å². The highest BCUT2D eigenvalue weighted by Crippen LogP contribution is 2.63. The first-order valence-corrected chi connectivity index (χ1v) is 6.87. The summed E-state index contributed by atoms with van der Waals surface area (Å²) < 4.78 is 0. The van der Waals surface area contributed by atoms with E-state index in [0.717, 1.165) is 6.42 Å². The summed E-state index contributed by atoms with van der Waals surface area (Å²) >= 11 is 0. The second-order valence-electron chi connectivity index (χ2n) is 6.16. The largest absolute Gasteiger partial charge is 0.350 e. The smallest absolute Gasteiger partial charge is 0.269 e. The van der Waals surface area contributed by atoms with Gasteiger partial charge >= 0.3 is 0 Å². The fraction of sp³-hybridized carbons (Fsp3) is 0.375. The zero-order valence-corrected chi connectivity index (χ0v) is 11.8. The molecule has 0 saturated heterocycles. The maximum Gasteiger partial charge on any atom is 0.269 e. The van der Waals surface area contributed by atoms with Crippen LogP contribution < -0.4 is 5.32 Å². The molecule has 1 aliphatic carbocycles. The number of hydrogen-bond acceptors (Lipinski definition) is 2. The van der Waals surface area contributed by atoms with Crippen LogP contribution >= 0.6 is 0 Å². The standard InChI is InChI=1S/C16H19N3O/c1-15(2)9-16(15,12-6-4-3-5-7-12)10-18-14(20)13-8-17-11-19-13/h3-8,11H,9-10H2,1-2H3,(H,17,19)(H,18,20). The summed E-state index contributed by atoms with van der Waals surface area (Å²) in [6.45, 7) is 5.16. The van der Waals surface area contributed by atoms with Crippen LogP contribution in [0.2, 0.25) is 0 Å². The van der Waals surface area contributed by atoms with Crippen molar-refractivity contribution in [2.24, 2.45) is 5.41 Å². The molecule has 1 atom stereocenters. The van der Waals surface area contributed by atoms with Gasteiger partial charge < -0.3 is 10.3 Å². The van der Waals surface area contributed by atoms with E-state index >= 15 is 0 Å². The molecule has 20 heavy (non-hydrogen) atoms. The predicted octanol–water partition coefficient (Wildman–Crippen LogP) is 2.51. The lowest BCUT2D eigenvalue weighted by Gasteiger charge is -2.21. The Morgan fingerprint density at radius 3 is 2.60 bits per heavy atom. The number of imidazole rings is 1. The SMILES string of the molecule is CC1(C)CC1(CNC(=O)c1cnc[nH]1)c1ccccc1. The lowest BCUT2D eigenvalue weighted by atomic mass is 9.88. The monoisotopic (exact) mass is 269 g/mol. The summed E-state index contributed by atoms with van der Waals surface area (Å²) in [6, 6.07) is 10.4. The minimum absolute atomic E-state index is 0.0456. The average Bonchev–Trinajstić information content (AvgIpc) is 2.85. The minimum atomic E-state index is -0.0968. The lowest BCUT2D eigenvalue weighted by molar-refractivity contribution is 0.0943. The van der Waals surface area contributed by atoms with E-state index in [1.807, 2.05) is 6.07 Å². The van der Waals surface area contributed by atoms with Crippen molar-refractivity contribution in [2.75, 3.05) is 6.54 Å². The molecule has 4 heteroatoms. The van der Waals surface area contributed by atoms with E-state index in [0.29, 0.717) is 12.2 Å². The van der Waals surface area contributed by atoms with Gasteiger partial charge in [-0.1, -0.05) is 44.2 Å². The number of carbonyl (C=O) groups is 1. The van der Waals surface area contributed by atoms with Crippen LogP contribution in [0, 0.1) is 5.41 Å². The van der Waals surface area contributed by atoms with Crippen LogP contribution in [0.1, 0.15) is 36.3 Å². The fourth-order valence-electron chi connectivity index (χ4n) is 3.07. The Morgan fingerprint density at radius 1 is 1.35 bits per heavy atom. The van der Waals surface area contributed by atoms with Gasteiger partial charge in [0, 0.05) is 12.0 Å². The molecular weight excluding hydrogens is 250 g/mol. The molecule has 0 spiro atoms. The third-order valence-corrected chi connectivity index (χ3v) is 4.53. The molecule has 2 N–H and O–H groups in total. The quantitative estimate of drug-likeness (QED) is 0.896. The summed E-state index contributed by atoms with van der Waals surface area (Å²) in [5.74, 6) is -0.0968. The van der Waals surface area contributed by atoms with Crippen molar-refractivity contribution in [1.29, 1.82) is 0 Å². The number of nitrogens with zero attached hydrogens (tertiary/aromatic N) is 1. The summed E-state index contributed by atoms with van der Waals surface area (Å²) in [5.41, 5.74) is 2.07. The molecule has 104 valence electrons. The first-order valence-electron chi connectivity index (χ1n) is 6.87. The Morgan fingerprint density at radius 2 is 2.05 bits per heavy atom. The molecule has 1 amide bonds. The molecule has 1 unspecified atom stereocenters. The van der Waals surface area contributed by atoms with Crippen molar-refractivity contribution in [2.45, 2.75) is 25.7 Å². The normalized spacial score (nSPS) is 23.3. The Kier molecular flexibility index (Phi) is 2.89. The van der Waals surface area contributed by atoms with E-state index in [4.69, 9.17) is 0 Å². The molecule has 1 saturated carbocycles. The van der Waals surface area contributed by atoms with Gasteiger partial charge in [-0.2, -0.15) is 0 Å². The summed E-state index contributed by atoms with van der Waals surface area (Å²) in [5, 5.41) is 3.03. The van der Waals surface area contributed by atoms with Crippen molar-refractivity contribution < 1.29 is 4.79 Å². The van der Waals surface area contributed by atoms with E-state index in [2.05, 4.69) is 53.4 Å². The molecular formula is C16H19N3O. The number of aromatic nitrogens is 2. The first kappa shape index (κ1) is 12.9. The molecule has 2 aromatic rings. The summed E-state index contributed by atoms with van der Waals surface area (Å²) in [7, 11) is 0. The van der Waals surface area contributed by atoms with Crippen LogP contribution in [0.15, 0.2) is 42.9 Å². The third-order valence-electron chi connectivity index (χ3n) is 4.53. The maximum atomic E-state index is 12.0. The second-order valence-corrected chi connectivity index (χ2v) is 6.16. The molecule has 1 aromatic carbocycles. The molecule has 0 radical (unpaired) electrons. The van der Waals surface area contributed by atoms with Crippen LogP contribution in [0.3, 0.4) is 0 Å². The maximum absolute atomic E-state index is 12.0. The zero-order valence-electron chi connectivity index (χ0n) is 11.8. The minimum Gasteiger partial charge on any atom is -0.350 e. The van der Waals surface area contributed by atoms with Crippen LogP contribution in [0.4, 0.5) is 0 Å². The zero-order chi connectivity index (χ0) is 14.2. The average molecular weight is 269 g/mol. The van der Waals surface area contributed by atoms with Gasteiger partial charge in [0.05, 0.1) is 12.5 Å². The summed E-state index contributed by atoms with van der Waals surface area (Å²) in [6.07, 6.45) is 4.15. The highest BCUT2D eigenvalue weighted by atomic mass is 16.1. The van der Waals surface area contributed by atoms with Crippen LogP contribution in [0.25, 0.3) is 0 Å². The topological polar surface area (TPSA) is 57.8 Å². The molecule has 1 aliphatic rings. The number of carbonyl (C=O) groups excluding carboxylic acids is 1. The van der Waals surface area contributed by atoms with Crippen molar-refractivity contribution in [3.63, 3.8) is 0 Å². The Labute approximate surface area is 118 Å². The molecule has 3 rings (SSSR count).